The Bertz CT molecular complexity index is 1630. The zero-order valence-electron chi connectivity index (χ0n) is 20.3. The third-order valence-electron chi connectivity index (χ3n) is 5.84. The summed E-state index contributed by atoms with van der Waals surface area (Å²) in [6.07, 6.45) is -0.539. The summed E-state index contributed by atoms with van der Waals surface area (Å²) < 4.78 is 81.4. The van der Waals surface area contributed by atoms with Crippen LogP contribution in [0.2, 0.25) is 0 Å². The number of aryl methyl sites for hydroxylation is 2. The Morgan fingerprint density at radius 1 is 1.13 bits per heavy atom. The second-order valence-corrected chi connectivity index (χ2v) is 10.3. The smallest absolute Gasteiger partial charge is 0.366 e. The lowest BCUT2D eigenvalue weighted by molar-refractivity contribution is -0.147. The minimum Gasteiger partial charge on any atom is -0.366 e. The predicted octanol–water partition coefficient (Wildman–Crippen LogP) is 3.82. The molecule has 0 fully saturated rings. The Morgan fingerprint density at radius 2 is 1.79 bits per heavy atom. The minimum absolute atomic E-state index is 0.0282. The largest absolute Gasteiger partial charge is 0.404 e. The number of carbonyl (C=O) groups is 1. The molecule has 200 valence electrons. The van der Waals surface area contributed by atoms with Gasteiger partial charge < -0.3 is 5.73 Å². The van der Waals surface area contributed by atoms with Crippen LogP contribution in [0.15, 0.2) is 47.8 Å². The number of fused-ring (bicyclic) bond motifs is 1. The summed E-state index contributed by atoms with van der Waals surface area (Å²) in [5, 5.41) is 0.158. The van der Waals surface area contributed by atoms with Gasteiger partial charge in [-0.1, -0.05) is 6.92 Å². The van der Waals surface area contributed by atoms with Gasteiger partial charge in [-0.05, 0) is 55.7 Å². The molecule has 0 unspecified atom stereocenters. The number of alkyl halides is 3. The molecular weight excluding hydrogens is 528 g/mol. The van der Waals surface area contributed by atoms with E-state index in [4.69, 9.17) is 5.73 Å². The van der Waals surface area contributed by atoms with E-state index in [0.29, 0.717) is 24.4 Å². The van der Waals surface area contributed by atoms with Crippen LogP contribution >= 0.6 is 0 Å². The Morgan fingerprint density at radius 3 is 2.32 bits per heavy atom. The van der Waals surface area contributed by atoms with E-state index in [1.165, 1.54) is 35.2 Å². The summed E-state index contributed by atoms with van der Waals surface area (Å²) in [4.78, 5) is 24.8. The highest BCUT2D eigenvalue weighted by Crippen LogP contribution is 2.36. The number of amides is 1. The van der Waals surface area contributed by atoms with Crippen molar-refractivity contribution in [3.63, 3.8) is 0 Å². The van der Waals surface area contributed by atoms with Crippen LogP contribution in [0.1, 0.15) is 35.3 Å². The van der Waals surface area contributed by atoms with E-state index in [9.17, 15) is 30.8 Å². The number of benzene rings is 1. The number of nitrogens with zero attached hydrogens (tertiary/aromatic N) is 4. The Kier molecular flexibility index (Phi) is 6.97. The zero-order chi connectivity index (χ0) is 28.0. The molecule has 38 heavy (non-hydrogen) atoms. The maximum Gasteiger partial charge on any atom is 0.404 e. The van der Waals surface area contributed by atoms with Crippen molar-refractivity contribution in [2.24, 2.45) is 5.73 Å². The van der Waals surface area contributed by atoms with Gasteiger partial charge in [-0.2, -0.15) is 17.9 Å². The van der Waals surface area contributed by atoms with Crippen LogP contribution in [-0.4, -0.2) is 46.1 Å². The van der Waals surface area contributed by atoms with Gasteiger partial charge in [-0.15, -0.1) is 0 Å². The topological polar surface area (TPSA) is 133 Å². The van der Waals surface area contributed by atoms with Gasteiger partial charge in [-0.25, -0.2) is 22.8 Å². The van der Waals surface area contributed by atoms with Crippen LogP contribution in [-0.2, 0) is 16.4 Å². The molecule has 1 atom stereocenters. The summed E-state index contributed by atoms with van der Waals surface area (Å²) in [5.41, 5.74) is 7.12. The van der Waals surface area contributed by atoms with Crippen molar-refractivity contribution in [1.29, 1.82) is 0 Å². The number of pyridine rings is 1. The molecule has 0 aliphatic rings. The molecule has 3 aromatic heterocycles. The van der Waals surface area contributed by atoms with E-state index < -0.39 is 38.9 Å². The Hall–Kier alpha value is -3.91. The molecule has 0 radical (unpaired) electrons. The van der Waals surface area contributed by atoms with Crippen molar-refractivity contribution in [3.8, 4) is 17.3 Å². The first kappa shape index (κ1) is 27.1. The van der Waals surface area contributed by atoms with E-state index >= 15 is 0 Å². The SMILES string of the molecule is CCc1cc2c(cc1F)c(C(N)=O)c(-c1ccc(S(=O)(=O)N[C@@H](C)C(F)(F)F)cn1)n2-c1ncc(C)cn1. The first-order valence-electron chi connectivity index (χ1n) is 11.3. The van der Waals surface area contributed by atoms with Crippen LogP contribution in [0, 0.1) is 12.7 Å². The highest BCUT2D eigenvalue weighted by atomic mass is 32.2. The molecule has 0 saturated carbocycles. The number of hydrogen-bond acceptors (Lipinski definition) is 6. The molecule has 4 rings (SSSR count). The highest BCUT2D eigenvalue weighted by molar-refractivity contribution is 7.89. The molecule has 1 aromatic carbocycles. The van der Waals surface area contributed by atoms with Crippen LogP contribution in [0.5, 0.6) is 0 Å². The van der Waals surface area contributed by atoms with Gasteiger partial charge in [0, 0.05) is 24.0 Å². The van der Waals surface area contributed by atoms with Crippen LogP contribution in [0.4, 0.5) is 17.6 Å². The van der Waals surface area contributed by atoms with Crippen molar-refractivity contribution in [2.75, 3.05) is 0 Å². The summed E-state index contributed by atoms with van der Waals surface area (Å²) >= 11 is 0. The molecule has 0 aliphatic carbocycles. The predicted molar refractivity (Wildman–Crippen MR) is 131 cm³/mol. The van der Waals surface area contributed by atoms with Crippen molar-refractivity contribution >= 4 is 26.8 Å². The number of nitrogens with one attached hydrogen (secondary N) is 1. The quantitative estimate of drug-likeness (QED) is 0.336. The normalized spacial score (nSPS) is 13.1. The first-order chi connectivity index (χ1) is 17.7. The standard InChI is InChI=1S/C24H22F4N6O3S/c1-4-14-7-19-16(8-17(14)25)20(22(29)35)21(34(19)23-31-9-12(2)10-32-23)18-6-5-15(11-30-18)38(36,37)33-13(3)24(26,27)28/h5-11,13,33H,4H2,1-3H3,(H2,29,35)/t13-/m0/s1. The Balaban J connectivity index is 1.96. The number of primary amides is 1. The van der Waals surface area contributed by atoms with Crippen LogP contribution < -0.4 is 10.5 Å². The van der Waals surface area contributed by atoms with E-state index in [-0.39, 0.29) is 28.3 Å². The van der Waals surface area contributed by atoms with Gasteiger partial charge in [-0.3, -0.25) is 14.3 Å². The molecule has 1 amide bonds. The third-order valence-corrected chi connectivity index (χ3v) is 7.37. The lowest BCUT2D eigenvalue weighted by atomic mass is 10.0. The number of nitrogens with two attached hydrogens (primary N) is 1. The molecule has 0 bridgehead atoms. The molecule has 9 nitrogen and oxygen atoms in total. The van der Waals surface area contributed by atoms with Gasteiger partial charge in [0.05, 0.1) is 22.5 Å². The first-order valence-corrected chi connectivity index (χ1v) is 12.7. The second kappa shape index (κ2) is 9.76. The van der Waals surface area contributed by atoms with Crippen LogP contribution in [0.3, 0.4) is 0 Å². The molecule has 14 heteroatoms. The van der Waals surface area contributed by atoms with E-state index in [1.807, 2.05) is 0 Å². The highest BCUT2D eigenvalue weighted by Gasteiger charge is 2.39. The monoisotopic (exact) mass is 550 g/mol. The van der Waals surface area contributed by atoms with Crippen molar-refractivity contribution in [3.05, 3.63) is 65.4 Å². The number of aromatic nitrogens is 4. The van der Waals surface area contributed by atoms with Crippen molar-refractivity contribution < 1.29 is 30.8 Å². The van der Waals surface area contributed by atoms with Gasteiger partial charge in [0.2, 0.25) is 16.0 Å². The van der Waals surface area contributed by atoms with Gasteiger partial charge in [0.25, 0.3) is 5.91 Å². The maximum absolute atomic E-state index is 14.8. The lowest BCUT2D eigenvalue weighted by Gasteiger charge is -2.17. The van der Waals surface area contributed by atoms with Gasteiger partial charge in [0.15, 0.2) is 0 Å². The van der Waals surface area contributed by atoms with E-state index in [1.54, 1.807) is 18.6 Å². The molecule has 4 aromatic rings. The maximum atomic E-state index is 14.8. The summed E-state index contributed by atoms with van der Waals surface area (Å²) in [5.74, 6) is -1.37. The average Bonchev–Trinajstić information content (AvgIpc) is 3.17. The van der Waals surface area contributed by atoms with E-state index in [0.717, 1.165) is 17.8 Å². The number of rotatable bonds is 7. The fourth-order valence-corrected chi connectivity index (χ4v) is 5.04. The summed E-state index contributed by atoms with van der Waals surface area (Å²) in [7, 11) is -4.58. The Labute approximate surface area is 214 Å². The van der Waals surface area contributed by atoms with Gasteiger partial charge >= 0.3 is 6.18 Å². The van der Waals surface area contributed by atoms with Gasteiger partial charge in [0.1, 0.15) is 16.8 Å². The number of halogens is 4. The molecular formula is C24H22F4N6O3S. The summed E-state index contributed by atoms with van der Waals surface area (Å²) in [6.45, 7) is 4.19. The van der Waals surface area contributed by atoms with Crippen molar-refractivity contribution in [1.82, 2.24) is 24.2 Å². The second-order valence-electron chi connectivity index (χ2n) is 8.56. The molecule has 0 aliphatic heterocycles. The van der Waals surface area contributed by atoms with Crippen LogP contribution in [0.25, 0.3) is 28.2 Å². The molecule has 0 spiro atoms. The minimum atomic E-state index is -4.79. The van der Waals surface area contributed by atoms with E-state index in [2.05, 4.69) is 15.0 Å². The zero-order valence-corrected chi connectivity index (χ0v) is 21.2. The molecule has 3 heterocycles. The average molecular weight is 551 g/mol. The fraction of sp³-hybridized carbons (Fsp3) is 0.250. The molecule has 3 N–H and O–H groups in total. The number of sulfonamides is 1. The summed E-state index contributed by atoms with van der Waals surface area (Å²) in [6, 6.07) is 2.61. The lowest BCUT2D eigenvalue weighted by Crippen LogP contribution is -2.42. The number of hydrogen-bond donors (Lipinski definition) is 2. The fourth-order valence-electron chi connectivity index (χ4n) is 3.87. The van der Waals surface area contributed by atoms with Crippen molar-refractivity contribution in [2.45, 2.75) is 44.3 Å². The number of carbonyl (C=O) groups excluding carboxylic acids is 1. The third kappa shape index (κ3) is 4.96. The molecule has 0 saturated heterocycles.